The Kier molecular flexibility index (Phi) is 4.70. The topological polar surface area (TPSA) is 97.9 Å². The number of nitrogens with zero attached hydrogens (tertiary/aromatic N) is 6. The van der Waals surface area contributed by atoms with Crippen LogP contribution in [-0.2, 0) is 17.9 Å². The van der Waals surface area contributed by atoms with Crippen LogP contribution in [0.1, 0.15) is 22.6 Å². The number of carbonyl (C=O) groups is 2. The Morgan fingerprint density at radius 3 is 2.71 bits per heavy atom. The monoisotopic (exact) mass is 415 g/mol. The summed E-state index contributed by atoms with van der Waals surface area (Å²) in [7, 11) is 1.71. The Morgan fingerprint density at radius 2 is 1.87 bits per heavy atom. The molecule has 1 aliphatic heterocycles. The third-order valence-electron chi connectivity index (χ3n) is 5.43. The number of anilines is 1. The van der Waals surface area contributed by atoms with Crippen LogP contribution in [0.3, 0.4) is 0 Å². The van der Waals surface area contributed by atoms with E-state index in [4.69, 9.17) is 0 Å². The van der Waals surface area contributed by atoms with E-state index in [9.17, 15) is 9.59 Å². The van der Waals surface area contributed by atoms with Crippen LogP contribution in [0, 0.1) is 0 Å². The zero-order valence-corrected chi connectivity index (χ0v) is 17.0. The van der Waals surface area contributed by atoms with Crippen molar-refractivity contribution in [3.05, 3.63) is 72.3 Å². The van der Waals surface area contributed by atoms with Gasteiger partial charge in [0.1, 0.15) is 18.2 Å². The summed E-state index contributed by atoms with van der Waals surface area (Å²) in [5.41, 5.74) is 1.90. The number of aryl methyl sites for hydroxylation is 1. The molecule has 156 valence electrons. The van der Waals surface area contributed by atoms with Crippen molar-refractivity contribution in [1.29, 1.82) is 0 Å². The number of carbonyl (C=O) groups excluding carboxylic acids is 2. The maximum atomic E-state index is 13.1. The van der Waals surface area contributed by atoms with E-state index in [1.54, 1.807) is 16.6 Å². The first kappa shape index (κ1) is 19.0. The summed E-state index contributed by atoms with van der Waals surface area (Å²) in [6.45, 7) is 1.03. The second-order valence-corrected chi connectivity index (χ2v) is 7.53. The van der Waals surface area contributed by atoms with Gasteiger partial charge in [-0.1, -0.05) is 42.5 Å². The van der Waals surface area contributed by atoms with Gasteiger partial charge in [0.2, 0.25) is 5.82 Å². The van der Waals surface area contributed by atoms with Crippen LogP contribution in [0.25, 0.3) is 10.9 Å². The first-order valence-electron chi connectivity index (χ1n) is 10.1. The molecule has 5 rings (SSSR count). The minimum atomic E-state index is -0.681. The first-order chi connectivity index (χ1) is 15.1. The number of benzene rings is 2. The molecule has 0 radical (unpaired) electrons. The number of aromatic nitrogens is 5. The lowest BCUT2D eigenvalue weighted by Crippen LogP contribution is -2.47. The molecule has 1 atom stereocenters. The van der Waals surface area contributed by atoms with Crippen LogP contribution in [-0.4, -0.2) is 49.4 Å². The number of nitrogens with one attached hydrogen (secondary N) is 1. The SMILES string of the molecule is CN1C(=O)C(NC(=O)c2ncn(Cc3ccccc3)n2)CCn2nc3ccccc3c21. The highest BCUT2D eigenvalue weighted by Gasteiger charge is 2.32. The Bertz CT molecular complexity index is 1260. The summed E-state index contributed by atoms with van der Waals surface area (Å²) < 4.78 is 3.43. The fourth-order valence-corrected chi connectivity index (χ4v) is 3.89. The maximum Gasteiger partial charge on any atom is 0.291 e. The molecular formula is C22H21N7O2. The quantitative estimate of drug-likeness (QED) is 0.549. The van der Waals surface area contributed by atoms with Gasteiger partial charge in [-0.15, -0.1) is 5.10 Å². The molecule has 1 unspecified atom stereocenters. The zero-order valence-electron chi connectivity index (χ0n) is 17.0. The second kappa shape index (κ2) is 7.67. The van der Waals surface area contributed by atoms with Gasteiger partial charge in [0.05, 0.1) is 12.1 Å². The fraction of sp³-hybridized carbons (Fsp3) is 0.227. The van der Waals surface area contributed by atoms with Crippen LogP contribution < -0.4 is 10.2 Å². The normalized spacial score (nSPS) is 16.2. The minimum Gasteiger partial charge on any atom is -0.337 e. The molecule has 31 heavy (non-hydrogen) atoms. The second-order valence-electron chi connectivity index (χ2n) is 7.53. The number of hydrogen-bond acceptors (Lipinski definition) is 5. The third-order valence-corrected chi connectivity index (χ3v) is 5.43. The Hall–Kier alpha value is -4.01. The van der Waals surface area contributed by atoms with Gasteiger partial charge in [-0.05, 0) is 24.1 Å². The van der Waals surface area contributed by atoms with Gasteiger partial charge in [-0.25, -0.2) is 14.3 Å². The molecule has 9 heteroatoms. The standard InChI is InChI=1S/C22H21N7O2/c1-27-21-16-9-5-6-10-17(16)25-29(21)12-11-18(22(27)31)24-20(30)19-23-14-28(26-19)13-15-7-3-2-4-8-15/h2-10,14,18H,11-13H2,1H3,(H,24,30). The van der Waals surface area contributed by atoms with E-state index >= 15 is 0 Å². The lowest BCUT2D eigenvalue weighted by molar-refractivity contribution is -0.120. The number of hydrogen-bond donors (Lipinski definition) is 1. The van der Waals surface area contributed by atoms with Crippen molar-refractivity contribution in [2.24, 2.45) is 0 Å². The van der Waals surface area contributed by atoms with E-state index in [1.165, 1.54) is 6.33 Å². The summed E-state index contributed by atoms with van der Waals surface area (Å²) in [4.78, 5) is 31.5. The van der Waals surface area contributed by atoms with Gasteiger partial charge in [-0.3, -0.25) is 14.5 Å². The Morgan fingerprint density at radius 1 is 1.10 bits per heavy atom. The number of likely N-dealkylation sites (N-methyl/N-ethyl adjacent to an activating group) is 1. The largest absolute Gasteiger partial charge is 0.337 e. The summed E-state index contributed by atoms with van der Waals surface area (Å²) in [6, 6.07) is 16.8. The Labute approximate surface area is 178 Å². The van der Waals surface area contributed by atoms with E-state index in [2.05, 4.69) is 20.5 Å². The smallest absolute Gasteiger partial charge is 0.291 e. The van der Waals surface area contributed by atoms with Crippen molar-refractivity contribution in [3.63, 3.8) is 0 Å². The zero-order chi connectivity index (χ0) is 21.4. The van der Waals surface area contributed by atoms with Gasteiger partial charge in [-0.2, -0.15) is 5.10 Å². The van der Waals surface area contributed by atoms with Crippen LogP contribution in [0.15, 0.2) is 60.9 Å². The van der Waals surface area contributed by atoms with Gasteiger partial charge in [0, 0.05) is 19.0 Å². The van der Waals surface area contributed by atoms with E-state index in [0.29, 0.717) is 19.5 Å². The highest BCUT2D eigenvalue weighted by molar-refractivity contribution is 6.05. The number of fused-ring (bicyclic) bond motifs is 3. The molecule has 2 amide bonds. The molecule has 0 aliphatic carbocycles. The molecule has 0 bridgehead atoms. The predicted octanol–water partition coefficient (Wildman–Crippen LogP) is 1.84. The minimum absolute atomic E-state index is 0.0406. The van der Waals surface area contributed by atoms with Crippen LogP contribution >= 0.6 is 0 Å². The highest BCUT2D eigenvalue weighted by atomic mass is 16.2. The lowest BCUT2D eigenvalue weighted by Gasteiger charge is -2.20. The molecule has 1 N–H and O–H groups in total. The van der Waals surface area contributed by atoms with Crippen LogP contribution in [0.2, 0.25) is 0 Å². The highest BCUT2D eigenvalue weighted by Crippen LogP contribution is 2.29. The molecule has 2 aromatic carbocycles. The van der Waals surface area contributed by atoms with Gasteiger partial charge in [0.15, 0.2) is 0 Å². The van der Waals surface area contributed by atoms with E-state index in [-0.39, 0.29) is 11.7 Å². The predicted molar refractivity (Wildman–Crippen MR) is 115 cm³/mol. The van der Waals surface area contributed by atoms with E-state index in [0.717, 1.165) is 22.3 Å². The molecule has 0 saturated heterocycles. The van der Waals surface area contributed by atoms with E-state index < -0.39 is 11.9 Å². The molecule has 0 fully saturated rings. The molecule has 2 aromatic heterocycles. The number of amides is 2. The Balaban J connectivity index is 1.31. The van der Waals surface area contributed by atoms with Crippen molar-refractivity contribution < 1.29 is 9.59 Å². The van der Waals surface area contributed by atoms with Crippen LogP contribution in [0.4, 0.5) is 5.82 Å². The molecule has 9 nitrogen and oxygen atoms in total. The molecule has 0 spiro atoms. The number of rotatable bonds is 4. The lowest BCUT2D eigenvalue weighted by atomic mass is 10.2. The molecule has 0 saturated carbocycles. The maximum absolute atomic E-state index is 13.1. The average Bonchev–Trinajstić information content (AvgIpc) is 3.38. The van der Waals surface area contributed by atoms with Gasteiger partial charge < -0.3 is 5.32 Å². The third kappa shape index (κ3) is 3.54. The molecule has 3 heterocycles. The summed E-state index contributed by atoms with van der Waals surface area (Å²) in [6.07, 6.45) is 1.95. The van der Waals surface area contributed by atoms with Crippen molar-refractivity contribution in [2.75, 3.05) is 11.9 Å². The fourth-order valence-electron chi connectivity index (χ4n) is 3.89. The van der Waals surface area contributed by atoms with Crippen molar-refractivity contribution in [2.45, 2.75) is 25.6 Å². The van der Waals surface area contributed by atoms with Crippen molar-refractivity contribution >= 4 is 28.5 Å². The summed E-state index contributed by atoms with van der Waals surface area (Å²) in [5.74, 6) is 0.117. The molecule has 1 aliphatic rings. The van der Waals surface area contributed by atoms with E-state index in [1.807, 2.05) is 59.3 Å². The van der Waals surface area contributed by atoms with Crippen molar-refractivity contribution in [1.82, 2.24) is 29.9 Å². The van der Waals surface area contributed by atoms with Crippen molar-refractivity contribution in [3.8, 4) is 0 Å². The first-order valence-corrected chi connectivity index (χ1v) is 10.1. The van der Waals surface area contributed by atoms with Gasteiger partial charge in [0.25, 0.3) is 11.8 Å². The summed E-state index contributed by atoms with van der Waals surface area (Å²) in [5, 5.41) is 12.6. The molecule has 4 aromatic rings. The average molecular weight is 415 g/mol. The summed E-state index contributed by atoms with van der Waals surface area (Å²) >= 11 is 0. The molecular weight excluding hydrogens is 394 g/mol. The van der Waals surface area contributed by atoms with Gasteiger partial charge >= 0.3 is 0 Å². The van der Waals surface area contributed by atoms with Crippen LogP contribution in [0.5, 0.6) is 0 Å².